The maximum absolute atomic E-state index is 11.1. The third kappa shape index (κ3) is 2.96. The van der Waals surface area contributed by atoms with E-state index in [0.29, 0.717) is 14.6 Å². The molecule has 0 aliphatic rings. The van der Waals surface area contributed by atoms with E-state index in [9.17, 15) is 9.67 Å². The van der Waals surface area contributed by atoms with Crippen LogP contribution in [0.25, 0.3) is 0 Å². The topological polar surface area (TPSA) is 101 Å². The molecule has 78 valence electrons. The first-order chi connectivity index (χ1) is 6.31. The van der Waals surface area contributed by atoms with Crippen molar-refractivity contribution in [1.29, 1.82) is 0 Å². The van der Waals surface area contributed by atoms with Gasteiger partial charge in [-0.25, -0.2) is 0 Å². The number of nitrogens with one attached hydrogen (secondary N) is 1. The van der Waals surface area contributed by atoms with E-state index in [2.05, 4.69) is 36.9 Å². The zero-order valence-corrected chi connectivity index (χ0v) is 10.9. The predicted octanol–water partition coefficient (Wildman–Crippen LogP) is 2.35. The number of phenolic OH excluding ortho intramolecular Hbond substituents is 1. The number of rotatable bonds is 2. The minimum Gasteiger partial charge on any atom is -0.507 e. The molecule has 0 radical (unpaired) electrons. The Kier molecular flexibility index (Phi) is 3.60. The first kappa shape index (κ1) is 12.0. The molecule has 0 fully saturated rings. The van der Waals surface area contributed by atoms with Crippen LogP contribution in [0.2, 0.25) is 0 Å². The highest BCUT2D eigenvalue weighted by Crippen LogP contribution is 2.40. The van der Waals surface area contributed by atoms with Gasteiger partial charge in [0.2, 0.25) is 0 Å². The summed E-state index contributed by atoms with van der Waals surface area (Å²) in [6, 6.07) is 2.93. The van der Waals surface area contributed by atoms with Crippen LogP contribution in [0.4, 0.5) is 5.69 Å². The van der Waals surface area contributed by atoms with E-state index in [-0.39, 0.29) is 5.75 Å². The van der Waals surface area contributed by atoms with E-state index in [0.717, 1.165) is 0 Å². The van der Waals surface area contributed by atoms with Crippen LogP contribution in [-0.2, 0) is 4.57 Å². The average Bonchev–Trinajstić information content (AvgIpc) is 2.04. The lowest BCUT2D eigenvalue weighted by Gasteiger charge is -2.13. The number of hydrogen-bond donors (Lipinski definition) is 4. The van der Waals surface area contributed by atoms with E-state index in [4.69, 9.17) is 11.0 Å². The molecule has 0 bridgehead atoms. The molecule has 1 aromatic carbocycles. The van der Waals surface area contributed by atoms with Crippen molar-refractivity contribution in [3.05, 3.63) is 21.1 Å². The second-order valence-electron chi connectivity index (χ2n) is 2.58. The molecular weight excluding hydrogens is 337 g/mol. The van der Waals surface area contributed by atoms with Gasteiger partial charge < -0.3 is 10.2 Å². The van der Waals surface area contributed by atoms with Crippen LogP contribution in [0.3, 0.4) is 0 Å². The van der Waals surface area contributed by atoms with Crippen molar-refractivity contribution in [1.82, 2.24) is 0 Å². The molecule has 0 unspecified atom stereocenters. The Morgan fingerprint density at radius 1 is 1.29 bits per heavy atom. The summed E-state index contributed by atoms with van der Waals surface area (Å²) in [6.07, 6.45) is 0. The first-order valence-electron chi connectivity index (χ1n) is 3.43. The highest BCUT2D eigenvalue weighted by molar-refractivity contribution is 9.13. The lowest BCUT2D eigenvalue weighted by molar-refractivity contribution is 0.471. The number of benzene rings is 1. The molecule has 5 nitrogen and oxygen atoms in total. The smallest absolute Gasteiger partial charge is 0.298 e. The summed E-state index contributed by atoms with van der Waals surface area (Å²) in [5.74, 6) is 0.0614. The summed E-state index contributed by atoms with van der Waals surface area (Å²) < 4.78 is 12.0. The molecule has 0 amide bonds. The fourth-order valence-electron chi connectivity index (χ4n) is 0.814. The Balaban J connectivity index is 3.12. The Labute approximate surface area is 97.6 Å². The average molecular weight is 345 g/mol. The largest absolute Gasteiger partial charge is 0.507 e. The maximum atomic E-state index is 11.1. The number of aromatic hydroxyl groups is 1. The Morgan fingerprint density at radius 3 is 2.36 bits per heavy atom. The van der Waals surface area contributed by atoms with E-state index in [1.807, 2.05) is 0 Å². The molecule has 1 aromatic rings. The SMILES string of the molecule is NP(N)(=O)Nc1ccc(O)c(Br)c1Br. The van der Waals surface area contributed by atoms with Gasteiger partial charge >= 0.3 is 0 Å². The van der Waals surface area contributed by atoms with Gasteiger partial charge in [0.25, 0.3) is 7.59 Å². The third-order valence-electron chi connectivity index (χ3n) is 1.36. The van der Waals surface area contributed by atoms with Crippen LogP contribution in [0, 0.1) is 0 Å². The van der Waals surface area contributed by atoms with Gasteiger partial charge in [0.1, 0.15) is 5.75 Å². The molecule has 0 saturated carbocycles. The quantitative estimate of drug-likeness (QED) is 0.487. The summed E-state index contributed by atoms with van der Waals surface area (Å²) >= 11 is 6.31. The molecule has 0 saturated heterocycles. The van der Waals surface area contributed by atoms with Crippen LogP contribution in [0.1, 0.15) is 0 Å². The summed E-state index contributed by atoms with van der Waals surface area (Å²) in [4.78, 5) is 0. The number of nitrogens with two attached hydrogens (primary N) is 2. The van der Waals surface area contributed by atoms with Crippen molar-refractivity contribution in [3.8, 4) is 5.75 Å². The molecule has 0 aromatic heterocycles. The third-order valence-corrected chi connectivity index (χ3v) is 4.11. The normalized spacial score (nSPS) is 11.4. The zero-order valence-electron chi connectivity index (χ0n) is 6.87. The van der Waals surface area contributed by atoms with Crippen LogP contribution in [-0.4, -0.2) is 5.11 Å². The molecule has 0 aliphatic heterocycles. The number of anilines is 1. The highest BCUT2D eigenvalue weighted by atomic mass is 79.9. The molecular formula is C6H8Br2N3O2P. The van der Waals surface area contributed by atoms with Crippen molar-refractivity contribution in [3.63, 3.8) is 0 Å². The molecule has 0 aliphatic carbocycles. The Hall–Kier alpha value is -0.0700. The van der Waals surface area contributed by atoms with Crippen molar-refractivity contribution in [2.24, 2.45) is 11.0 Å². The van der Waals surface area contributed by atoms with Crippen molar-refractivity contribution >= 4 is 45.1 Å². The summed E-state index contributed by atoms with van der Waals surface area (Å²) in [5, 5.41) is 11.7. The number of halogens is 2. The summed E-state index contributed by atoms with van der Waals surface area (Å²) in [7, 11) is -3.33. The van der Waals surface area contributed by atoms with E-state index in [1.165, 1.54) is 12.1 Å². The fraction of sp³-hybridized carbons (Fsp3) is 0. The number of hydrogen-bond acceptors (Lipinski definition) is 2. The van der Waals surface area contributed by atoms with Gasteiger partial charge in [-0.3, -0.25) is 15.6 Å². The molecule has 1 rings (SSSR count). The monoisotopic (exact) mass is 343 g/mol. The van der Waals surface area contributed by atoms with Gasteiger partial charge in [0.15, 0.2) is 0 Å². The molecule has 6 N–H and O–H groups in total. The van der Waals surface area contributed by atoms with E-state index < -0.39 is 7.59 Å². The molecule has 0 spiro atoms. The lowest BCUT2D eigenvalue weighted by atomic mass is 10.3. The van der Waals surface area contributed by atoms with Gasteiger partial charge in [0, 0.05) is 0 Å². The van der Waals surface area contributed by atoms with Crippen molar-refractivity contribution < 1.29 is 9.67 Å². The second-order valence-corrected chi connectivity index (χ2v) is 5.81. The lowest BCUT2D eigenvalue weighted by Crippen LogP contribution is -2.13. The number of phenols is 1. The molecule has 0 heterocycles. The van der Waals surface area contributed by atoms with Gasteiger partial charge in [-0.15, -0.1) is 0 Å². The Morgan fingerprint density at radius 2 is 1.86 bits per heavy atom. The fourth-order valence-corrected chi connectivity index (χ4v) is 2.31. The van der Waals surface area contributed by atoms with Gasteiger partial charge in [-0.05, 0) is 44.0 Å². The van der Waals surface area contributed by atoms with Crippen molar-refractivity contribution in [2.75, 3.05) is 5.09 Å². The maximum Gasteiger partial charge on any atom is 0.298 e. The van der Waals surface area contributed by atoms with Gasteiger partial charge in [-0.2, -0.15) is 0 Å². The van der Waals surface area contributed by atoms with E-state index in [1.54, 1.807) is 0 Å². The predicted molar refractivity (Wildman–Crippen MR) is 63.1 cm³/mol. The van der Waals surface area contributed by atoms with E-state index >= 15 is 0 Å². The van der Waals surface area contributed by atoms with Gasteiger partial charge in [0.05, 0.1) is 14.6 Å². The minimum absolute atomic E-state index is 0.0614. The van der Waals surface area contributed by atoms with Crippen LogP contribution in [0.15, 0.2) is 21.1 Å². The standard InChI is InChI=1S/C6H8Br2N3O2P/c7-5-3(11-14(9,10)13)1-2-4(12)6(5)8/h1-2,12H,(H5,9,10,11,13). The second kappa shape index (κ2) is 4.20. The van der Waals surface area contributed by atoms with Crippen LogP contribution in [0.5, 0.6) is 5.75 Å². The molecule has 0 atom stereocenters. The summed E-state index contributed by atoms with van der Waals surface area (Å²) in [5.41, 5.74) is 10.7. The Bertz CT molecular complexity index is 406. The molecule has 14 heavy (non-hydrogen) atoms. The zero-order chi connectivity index (χ0) is 10.9. The van der Waals surface area contributed by atoms with Gasteiger partial charge in [-0.1, -0.05) is 0 Å². The minimum atomic E-state index is -3.33. The van der Waals surface area contributed by atoms with Crippen LogP contribution < -0.4 is 16.1 Å². The summed E-state index contributed by atoms with van der Waals surface area (Å²) in [6.45, 7) is 0. The van der Waals surface area contributed by atoms with Crippen LogP contribution >= 0.6 is 39.5 Å². The molecule has 8 heteroatoms. The first-order valence-corrected chi connectivity index (χ1v) is 6.87. The van der Waals surface area contributed by atoms with Crippen molar-refractivity contribution in [2.45, 2.75) is 0 Å². The highest BCUT2D eigenvalue weighted by Gasteiger charge is 2.13.